The summed E-state index contributed by atoms with van der Waals surface area (Å²) in [4.78, 5) is 2.21. The fourth-order valence-corrected chi connectivity index (χ4v) is 1.69. The number of nitrogens with two attached hydrogens (primary N) is 1. The first-order valence-electron chi connectivity index (χ1n) is 5.69. The molecule has 3 nitrogen and oxygen atoms in total. The molecule has 0 radical (unpaired) electrons. The minimum atomic E-state index is 0.282. The topological polar surface area (TPSA) is 42.4 Å². The van der Waals surface area contributed by atoms with E-state index in [2.05, 4.69) is 18.9 Å². The summed E-state index contributed by atoms with van der Waals surface area (Å²) in [6, 6.07) is 4.19. The minimum absolute atomic E-state index is 0.282. The Morgan fingerprint density at radius 3 is 2.93 bits per heavy atom. The average molecular weight is 210 g/mol. The largest absolute Gasteiger partial charge is 0.468 e. The van der Waals surface area contributed by atoms with E-state index in [4.69, 9.17) is 10.2 Å². The van der Waals surface area contributed by atoms with Crippen LogP contribution in [0.15, 0.2) is 22.8 Å². The smallest absolute Gasteiger partial charge is 0.117 e. The highest BCUT2D eigenvalue weighted by Crippen LogP contribution is 2.05. The predicted molar refractivity (Wildman–Crippen MR) is 62.5 cm³/mol. The van der Waals surface area contributed by atoms with Gasteiger partial charge >= 0.3 is 0 Å². The summed E-state index contributed by atoms with van der Waals surface area (Å²) in [5, 5.41) is 0. The Labute approximate surface area is 92.2 Å². The standard InChI is InChI=1S/C12H22N2O/c1-3-4-6-11(13)9-14(2)10-12-7-5-8-15-12/h5,7-8,11H,3-4,6,9-10,13H2,1-2H3. The molecule has 0 saturated carbocycles. The van der Waals surface area contributed by atoms with Gasteiger partial charge in [0.15, 0.2) is 0 Å². The molecule has 15 heavy (non-hydrogen) atoms. The van der Waals surface area contributed by atoms with Crippen LogP contribution in [-0.4, -0.2) is 24.5 Å². The van der Waals surface area contributed by atoms with Crippen molar-refractivity contribution in [3.8, 4) is 0 Å². The molecule has 0 fully saturated rings. The normalized spacial score (nSPS) is 13.3. The maximum Gasteiger partial charge on any atom is 0.117 e. The quantitative estimate of drug-likeness (QED) is 0.750. The van der Waals surface area contributed by atoms with Crippen molar-refractivity contribution >= 4 is 0 Å². The number of hydrogen-bond acceptors (Lipinski definition) is 3. The zero-order valence-electron chi connectivity index (χ0n) is 9.78. The summed E-state index contributed by atoms with van der Waals surface area (Å²) in [6.07, 6.45) is 5.25. The van der Waals surface area contributed by atoms with Crippen molar-refractivity contribution in [3.63, 3.8) is 0 Å². The molecule has 0 spiro atoms. The van der Waals surface area contributed by atoms with Crippen LogP contribution in [0.1, 0.15) is 31.9 Å². The Morgan fingerprint density at radius 2 is 2.33 bits per heavy atom. The molecular weight excluding hydrogens is 188 g/mol. The SMILES string of the molecule is CCCCC(N)CN(C)Cc1ccco1. The van der Waals surface area contributed by atoms with Crippen LogP contribution in [0.4, 0.5) is 0 Å². The molecule has 0 aliphatic rings. The van der Waals surface area contributed by atoms with Gasteiger partial charge in [-0.2, -0.15) is 0 Å². The van der Waals surface area contributed by atoms with Crippen molar-refractivity contribution in [2.45, 2.75) is 38.8 Å². The first-order valence-corrected chi connectivity index (χ1v) is 5.69. The highest BCUT2D eigenvalue weighted by Gasteiger charge is 2.07. The molecule has 1 heterocycles. The summed E-state index contributed by atoms with van der Waals surface area (Å²) in [6.45, 7) is 3.97. The van der Waals surface area contributed by atoms with Crippen LogP contribution in [0.2, 0.25) is 0 Å². The van der Waals surface area contributed by atoms with Crippen LogP contribution in [0.25, 0.3) is 0 Å². The van der Waals surface area contributed by atoms with Gasteiger partial charge in [0.1, 0.15) is 5.76 Å². The van der Waals surface area contributed by atoms with E-state index in [1.54, 1.807) is 6.26 Å². The Bertz CT molecular complexity index is 246. The third kappa shape index (κ3) is 5.00. The molecule has 0 amide bonds. The molecule has 1 rings (SSSR count). The van der Waals surface area contributed by atoms with Gasteiger partial charge in [-0.15, -0.1) is 0 Å². The third-order valence-electron chi connectivity index (χ3n) is 2.48. The molecule has 0 saturated heterocycles. The molecule has 0 aliphatic heterocycles. The Kier molecular flexibility index (Phi) is 5.43. The number of likely N-dealkylation sites (N-methyl/N-ethyl adjacent to an activating group) is 1. The molecule has 3 heteroatoms. The fourth-order valence-electron chi connectivity index (χ4n) is 1.69. The van der Waals surface area contributed by atoms with Crippen molar-refractivity contribution in [3.05, 3.63) is 24.2 Å². The summed E-state index contributed by atoms with van der Waals surface area (Å²) < 4.78 is 5.28. The second-order valence-electron chi connectivity index (χ2n) is 4.18. The van der Waals surface area contributed by atoms with E-state index in [1.807, 2.05) is 12.1 Å². The molecule has 86 valence electrons. The zero-order chi connectivity index (χ0) is 11.1. The summed E-state index contributed by atoms with van der Waals surface area (Å²) in [5.41, 5.74) is 6.02. The van der Waals surface area contributed by atoms with Gasteiger partial charge in [0.25, 0.3) is 0 Å². The highest BCUT2D eigenvalue weighted by atomic mass is 16.3. The molecule has 0 aromatic carbocycles. The second kappa shape index (κ2) is 6.64. The lowest BCUT2D eigenvalue weighted by Gasteiger charge is -2.19. The summed E-state index contributed by atoms with van der Waals surface area (Å²) in [5.74, 6) is 1.00. The van der Waals surface area contributed by atoms with Crippen molar-refractivity contribution in [1.82, 2.24) is 4.90 Å². The van der Waals surface area contributed by atoms with Gasteiger partial charge in [0, 0.05) is 12.6 Å². The maximum atomic E-state index is 6.02. The van der Waals surface area contributed by atoms with E-state index in [9.17, 15) is 0 Å². The fraction of sp³-hybridized carbons (Fsp3) is 0.667. The lowest BCUT2D eigenvalue weighted by Crippen LogP contribution is -2.34. The number of unbranched alkanes of at least 4 members (excludes halogenated alkanes) is 1. The van der Waals surface area contributed by atoms with E-state index < -0.39 is 0 Å². The molecule has 0 bridgehead atoms. The number of rotatable bonds is 7. The van der Waals surface area contributed by atoms with Crippen LogP contribution in [0, 0.1) is 0 Å². The lowest BCUT2D eigenvalue weighted by atomic mass is 10.1. The molecule has 2 N–H and O–H groups in total. The van der Waals surface area contributed by atoms with E-state index in [1.165, 1.54) is 12.8 Å². The van der Waals surface area contributed by atoms with Crippen molar-refractivity contribution in [2.24, 2.45) is 5.73 Å². The van der Waals surface area contributed by atoms with Crippen molar-refractivity contribution in [1.29, 1.82) is 0 Å². The van der Waals surface area contributed by atoms with Gasteiger partial charge in [-0.25, -0.2) is 0 Å². The molecule has 1 aromatic heterocycles. The number of nitrogens with zero attached hydrogens (tertiary/aromatic N) is 1. The molecule has 1 unspecified atom stereocenters. The summed E-state index contributed by atoms with van der Waals surface area (Å²) in [7, 11) is 2.08. The maximum absolute atomic E-state index is 6.02. The van der Waals surface area contributed by atoms with Crippen LogP contribution in [-0.2, 0) is 6.54 Å². The van der Waals surface area contributed by atoms with Gasteiger partial charge < -0.3 is 10.2 Å². The van der Waals surface area contributed by atoms with Gasteiger partial charge in [-0.1, -0.05) is 19.8 Å². The van der Waals surface area contributed by atoms with Crippen LogP contribution in [0.3, 0.4) is 0 Å². The molecule has 0 aliphatic carbocycles. The highest BCUT2D eigenvalue weighted by molar-refractivity contribution is 4.97. The van der Waals surface area contributed by atoms with Gasteiger partial charge in [-0.3, -0.25) is 4.90 Å². The predicted octanol–water partition coefficient (Wildman–Crippen LogP) is 2.23. The Hall–Kier alpha value is -0.800. The monoisotopic (exact) mass is 210 g/mol. The average Bonchev–Trinajstić information content (AvgIpc) is 2.67. The lowest BCUT2D eigenvalue weighted by molar-refractivity contribution is 0.271. The number of furan rings is 1. The van der Waals surface area contributed by atoms with Crippen LogP contribution >= 0.6 is 0 Å². The van der Waals surface area contributed by atoms with E-state index >= 15 is 0 Å². The number of hydrogen-bond donors (Lipinski definition) is 1. The molecule has 1 aromatic rings. The first kappa shape index (κ1) is 12.3. The summed E-state index contributed by atoms with van der Waals surface area (Å²) >= 11 is 0. The minimum Gasteiger partial charge on any atom is -0.468 e. The first-order chi connectivity index (χ1) is 7.22. The van der Waals surface area contributed by atoms with Gasteiger partial charge in [0.2, 0.25) is 0 Å². The Balaban J connectivity index is 2.20. The Morgan fingerprint density at radius 1 is 1.53 bits per heavy atom. The van der Waals surface area contributed by atoms with Gasteiger partial charge in [0.05, 0.1) is 12.8 Å². The van der Waals surface area contributed by atoms with Crippen molar-refractivity contribution in [2.75, 3.05) is 13.6 Å². The van der Waals surface area contributed by atoms with Crippen molar-refractivity contribution < 1.29 is 4.42 Å². The zero-order valence-corrected chi connectivity index (χ0v) is 9.78. The van der Waals surface area contributed by atoms with E-state index in [0.717, 1.165) is 25.3 Å². The second-order valence-corrected chi connectivity index (χ2v) is 4.18. The van der Waals surface area contributed by atoms with Crippen LogP contribution in [0.5, 0.6) is 0 Å². The van der Waals surface area contributed by atoms with Gasteiger partial charge in [-0.05, 0) is 25.6 Å². The third-order valence-corrected chi connectivity index (χ3v) is 2.48. The van der Waals surface area contributed by atoms with E-state index in [-0.39, 0.29) is 6.04 Å². The van der Waals surface area contributed by atoms with E-state index in [0.29, 0.717) is 0 Å². The van der Waals surface area contributed by atoms with Crippen LogP contribution < -0.4 is 5.73 Å². The molecule has 1 atom stereocenters. The molecular formula is C12H22N2O.